The van der Waals surface area contributed by atoms with Crippen molar-refractivity contribution < 1.29 is 13.6 Å². The number of benzene rings is 2. The summed E-state index contributed by atoms with van der Waals surface area (Å²) in [6, 6.07) is 12.8. The molecule has 160 valence electrons. The zero-order valence-corrected chi connectivity index (χ0v) is 17.8. The Morgan fingerprint density at radius 3 is 2.45 bits per heavy atom. The normalized spacial score (nSPS) is 14.5. The third kappa shape index (κ3) is 4.54. The maximum atomic E-state index is 14.2. The summed E-state index contributed by atoms with van der Waals surface area (Å²) in [5, 5.41) is 3.28. The number of carbonyl (C=O) groups excluding carboxylic acids is 1. The van der Waals surface area contributed by atoms with Gasteiger partial charge in [-0.1, -0.05) is 35.9 Å². The highest BCUT2D eigenvalue weighted by Crippen LogP contribution is 2.33. The van der Waals surface area contributed by atoms with Gasteiger partial charge >= 0.3 is 0 Å². The van der Waals surface area contributed by atoms with Crippen molar-refractivity contribution in [2.75, 3.05) is 18.4 Å². The number of carbonyl (C=O) groups is 1. The molecule has 1 aliphatic rings. The van der Waals surface area contributed by atoms with Crippen LogP contribution in [0.1, 0.15) is 40.2 Å². The van der Waals surface area contributed by atoms with Gasteiger partial charge in [-0.2, -0.15) is 0 Å². The molecule has 0 bridgehead atoms. The predicted molar refractivity (Wildman–Crippen MR) is 118 cm³/mol. The van der Waals surface area contributed by atoms with Crippen LogP contribution >= 0.6 is 11.6 Å². The molecule has 1 fully saturated rings. The average Bonchev–Trinajstić information content (AvgIpc) is 2.79. The number of hydrogen-bond donors (Lipinski definition) is 1. The summed E-state index contributed by atoms with van der Waals surface area (Å²) in [6.45, 7) is 2.89. The minimum atomic E-state index is -0.423. The number of aromatic nitrogens is 1. The van der Waals surface area contributed by atoms with Gasteiger partial charge in [0.1, 0.15) is 16.8 Å². The molecule has 0 atom stereocenters. The number of halogens is 3. The number of likely N-dealkylation sites (tertiary alicyclic amines) is 1. The monoisotopic (exact) mass is 441 g/mol. The lowest BCUT2D eigenvalue weighted by atomic mass is 9.89. The number of nitrogens with zero attached hydrogens (tertiary/aromatic N) is 2. The van der Waals surface area contributed by atoms with E-state index >= 15 is 0 Å². The van der Waals surface area contributed by atoms with Gasteiger partial charge in [-0.3, -0.25) is 4.79 Å². The molecule has 0 spiro atoms. The van der Waals surface area contributed by atoms with Crippen LogP contribution in [0.3, 0.4) is 0 Å². The topological polar surface area (TPSA) is 45.2 Å². The van der Waals surface area contributed by atoms with Crippen molar-refractivity contribution in [2.24, 2.45) is 0 Å². The molecule has 3 aromatic rings. The summed E-state index contributed by atoms with van der Waals surface area (Å²) >= 11 is 6.18. The molecule has 0 saturated carbocycles. The quantitative estimate of drug-likeness (QED) is 0.498. The second-order valence-corrected chi connectivity index (χ2v) is 8.04. The number of hydrogen-bond acceptors (Lipinski definition) is 3. The molecular weight excluding hydrogens is 420 g/mol. The fraction of sp³-hybridized carbons (Fsp3) is 0.250. The van der Waals surface area contributed by atoms with Gasteiger partial charge in [0, 0.05) is 24.8 Å². The number of rotatable bonds is 4. The molecule has 1 aliphatic heterocycles. The van der Waals surface area contributed by atoms with E-state index in [0.717, 1.165) is 18.4 Å². The highest BCUT2D eigenvalue weighted by atomic mass is 35.5. The maximum Gasteiger partial charge on any atom is 0.257 e. The second-order valence-electron chi connectivity index (χ2n) is 7.69. The molecule has 31 heavy (non-hydrogen) atoms. The number of nitrogens with one attached hydrogen (secondary N) is 1. The van der Waals surface area contributed by atoms with E-state index in [-0.39, 0.29) is 28.5 Å². The Hall–Kier alpha value is -2.99. The lowest BCUT2D eigenvalue weighted by molar-refractivity contribution is 0.0713. The summed E-state index contributed by atoms with van der Waals surface area (Å²) < 4.78 is 27.4. The van der Waals surface area contributed by atoms with E-state index in [9.17, 15) is 13.6 Å². The minimum Gasteiger partial charge on any atom is -0.352 e. The van der Waals surface area contributed by atoms with Crippen LogP contribution in [0.2, 0.25) is 5.15 Å². The number of piperidine rings is 1. The zero-order chi connectivity index (χ0) is 22.0. The van der Waals surface area contributed by atoms with Crippen molar-refractivity contribution in [3.63, 3.8) is 0 Å². The minimum absolute atomic E-state index is 0.177. The first-order valence-electron chi connectivity index (χ1n) is 10.2. The lowest BCUT2D eigenvalue weighted by Crippen LogP contribution is -2.38. The van der Waals surface area contributed by atoms with E-state index in [2.05, 4.69) is 10.3 Å². The Morgan fingerprint density at radius 2 is 1.77 bits per heavy atom. The molecule has 0 unspecified atom stereocenters. The molecule has 1 aromatic heterocycles. The molecule has 0 aliphatic carbocycles. The largest absolute Gasteiger partial charge is 0.352 e. The second kappa shape index (κ2) is 9.02. The highest BCUT2D eigenvalue weighted by Gasteiger charge is 2.27. The molecule has 4 nitrogen and oxygen atoms in total. The van der Waals surface area contributed by atoms with Gasteiger partial charge < -0.3 is 10.2 Å². The summed E-state index contributed by atoms with van der Waals surface area (Å²) in [4.78, 5) is 19.2. The summed E-state index contributed by atoms with van der Waals surface area (Å²) in [5.41, 5.74) is 2.73. The summed E-state index contributed by atoms with van der Waals surface area (Å²) in [7, 11) is 0. The van der Waals surface area contributed by atoms with Crippen LogP contribution in [0.25, 0.3) is 0 Å². The number of anilines is 2. The third-order valence-electron chi connectivity index (χ3n) is 5.75. The Morgan fingerprint density at radius 1 is 1.10 bits per heavy atom. The molecule has 7 heteroatoms. The van der Waals surface area contributed by atoms with Crippen LogP contribution < -0.4 is 5.32 Å². The van der Waals surface area contributed by atoms with Crippen LogP contribution in [-0.2, 0) is 0 Å². The van der Waals surface area contributed by atoms with Gasteiger partial charge in [0.15, 0.2) is 0 Å². The van der Waals surface area contributed by atoms with Crippen molar-refractivity contribution in [2.45, 2.75) is 25.7 Å². The first-order valence-corrected chi connectivity index (χ1v) is 10.5. The summed E-state index contributed by atoms with van der Waals surface area (Å²) in [5.74, 6) is -0.570. The van der Waals surface area contributed by atoms with Gasteiger partial charge in [0.05, 0.1) is 16.9 Å². The first-order chi connectivity index (χ1) is 14.9. The molecule has 2 heterocycles. The Balaban J connectivity index is 1.54. The Labute approximate surface area is 184 Å². The molecule has 1 amide bonds. The SMILES string of the molecule is Cc1c(Cl)ncc(C(=O)N2CCC(c3ccc(F)cc3)CC2)c1Nc1ccccc1F. The van der Waals surface area contributed by atoms with E-state index in [0.29, 0.717) is 29.9 Å². The van der Waals surface area contributed by atoms with Crippen LogP contribution in [-0.4, -0.2) is 28.9 Å². The first kappa shape index (κ1) is 21.2. The van der Waals surface area contributed by atoms with Gasteiger partial charge in [0.2, 0.25) is 0 Å². The molecule has 0 radical (unpaired) electrons. The number of amides is 1. The fourth-order valence-corrected chi connectivity index (χ4v) is 4.07. The van der Waals surface area contributed by atoms with Crippen molar-refractivity contribution >= 4 is 28.9 Å². The van der Waals surface area contributed by atoms with Crippen molar-refractivity contribution in [1.29, 1.82) is 0 Å². The molecule has 1 N–H and O–H groups in total. The predicted octanol–water partition coefficient (Wildman–Crippen LogP) is 6.09. The van der Waals surface area contributed by atoms with E-state index in [4.69, 9.17) is 11.6 Å². The van der Waals surface area contributed by atoms with E-state index in [1.165, 1.54) is 24.4 Å². The molecule has 2 aromatic carbocycles. The Bertz CT molecular complexity index is 1100. The number of para-hydroxylation sites is 1. The molecule has 1 saturated heterocycles. The molecular formula is C24H22ClF2N3O. The lowest BCUT2D eigenvalue weighted by Gasteiger charge is -2.33. The standard InChI is InChI=1S/C24H22ClF2N3O/c1-15-22(29-21-5-3-2-4-20(21)27)19(14-28-23(15)25)24(31)30-12-10-17(11-13-30)16-6-8-18(26)9-7-16/h2-9,14,17H,10-13H2,1H3,(H,28,29). The maximum absolute atomic E-state index is 14.2. The fourth-order valence-electron chi connectivity index (χ4n) is 3.93. The van der Waals surface area contributed by atoms with Crippen LogP contribution in [0.5, 0.6) is 0 Å². The van der Waals surface area contributed by atoms with Crippen LogP contribution in [0, 0.1) is 18.6 Å². The van der Waals surface area contributed by atoms with Crippen LogP contribution in [0.4, 0.5) is 20.2 Å². The van der Waals surface area contributed by atoms with Crippen molar-refractivity contribution in [1.82, 2.24) is 9.88 Å². The van der Waals surface area contributed by atoms with E-state index < -0.39 is 5.82 Å². The van der Waals surface area contributed by atoms with Crippen molar-refractivity contribution in [3.8, 4) is 0 Å². The zero-order valence-electron chi connectivity index (χ0n) is 17.0. The third-order valence-corrected chi connectivity index (χ3v) is 6.13. The Kier molecular flexibility index (Phi) is 6.18. The summed E-state index contributed by atoms with van der Waals surface area (Å²) in [6.07, 6.45) is 3.01. The van der Waals surface area contributed by atoms with Gasteiger partial charge in [-0.05, 0) is 55.5 Å². The number of pyridine rings is 1. The van der Waals surface area contributed by atoms with Crippen LogP contribution in [0.15, 0.2) is 54.7 Å². The van der Waals surface area contributed by atoms with Crippen molar-refractivity contribution in [3.05, 3.63) is 88.2 Å². The van der Waals surface area contributed by atoms with Gasteiger partial charge in [-0.15, -0.1) is 0 Å². The van der Waals surface area contributed by atoms with Gasteiger partial charge in [0.25, 0.3) is 5.91 Å². The van der Waals surface area contributed by atoms with Gasteiger partial charge in [-0.25, -0.2) is 13.8 Å². The smallest absolute Gasteiger partial charge is 0.257 e. The average molecular weight is 442 g/mol. The van der Waals surface area contributed by atoms with E-state index in [1.807, 2.05) is 0 Å². The highest BCUT2D eigenvalue weighted by molar-refractivity contribution is 6.30. The van der Waals surface area contributed by atoms with E-state index in [1.54, 1.807) is 42.2 Å². The molecule has 4 rings (SSSR count).